The molecule has 0 aliphatic carbocycles. The molecule has 17 heavy (non-hydrogen) atoms. The summed E-state index contributed by atoms with van der Waals surface area (Å²) in [5, 5.41) is 2.65. The zero-order chi connectivity index (χ0) is 13.1. The van der Waals surface area contributed by atoms with Crippen molar-refractivity contribution in [1.29, 1.82) is 0 Å². The van der Waals surface area contributed by atoms with Gasteiger partial charge < -0.3 is 11.1 Å². The SMILES string of the molecule is CC(C)(CN)NC(=O)Cc1cc(F)ccc1F. The molecule has 0 radical (unpaired) electrons. The van der Waals surface area contributed by atoms with Gasteiger partial charge in [-0.1, -0.05) is 0 Å². The molecule has 0 saturated heterocycles. The summed E-state index contributed by atoms with van der Waals surface area (Å²) < 4.78 is 26.2. The van der Waals surface area contributed by atoms with E-state index in [1.165, 1.54) is 0 Å². The van der Waals surface area contributed by atoms with Crippen LogP contribution in [-0.2, 0) is 11.2 Å². The van der Waals surface area contributed by atoms with Crippen LogP contribution in [-0.4, -0.2) is 18.0 Å². The zero-order valence-electron chi connectivity index (χ0n) is 9.89. The molecule has 1 amide bonds. The average molecular weight is 242 g/mol. The Bertz CT molecular complexity index is 419. The predicted octanol–water partition coefficient (Wildman–Crippen LogP) is 1.36. The molecule has 0 bridgehead atoms. The van der Waals surface area contributed by atoms with E-state index in [1.807, 2.05) is 0 Å². The molecule has 0 spiro atoms. The number of amides is 1. The maximum atomic E-state index is 13.3. The molecule has 3 nitrogen and oxygen atoms in total. The summed E-state index contributed by atoms with van der Waals surface area (Å²) in [5.74, 6) is -1.54. The van der Waals surface area contributed by atoms with Gasteiger partial charge in [-0.25, -0.2) is 8.78 Å². The van der Waals surface area contributed by atoms with E-state index in [4.69, 9.17) is 5.73 Å². The van der Waals surface area contributed by atoms with Crippen molar-refractivity contribution in [3.63, 3.8) is 0 Å². The number of carbonyl (C=O) groups is 1. The van der Waals surface area contributed by atoms with Crippen LogP contribution in [0.5, 0.6) is 0 Å². The molecule has 5 heteroatoms. The molecule has 0 saturated carbocycles. The van der Waals surface area contributed by atoms with E-state index < -0.39 is 17.2 Å². The lowest BCUT2D eigenvalue weighted by Crippen LogP contribution is -2.49. The van der Waals surface area contributed by atoms with Crippen molar-refractivity contribution in [3.05, 3.63) is 35.4 Å². The third-order valence-corrected chi connectivity index (χ3v) is 2.35. The van der Waals surface area contributed by atoms with Gasteiger partial charge in [-0.15, -0.1) is 0 Å². The van der Waals surface area contributed by atoms with Crippen molar-refractivity contribution < 1.29 is 13.6 Å². The summed E-state index contributed by atoms with van der Waals surface area (Å²) in [6.45, 7) is 3.78. The van der Waals surface area contributed by atoms with Gasteiger partial charge in [0.25, 0.3) is 0 Å². The van der Waals surface area contributed by atoms with E-state index in [-0.39, 0.29) is 24.4 Å². The molecule has 1 aromatic rings. The van der Waals surface area contributed by atoms with Crippen LogP contribution < -0.4 is 11.1 Å². The van der Waals surface area contributed by atoms with Gasteiger partial charge in [0, 0.05) is 17.6 Å². The van der Waals surface area contributed by atoms with Crippen LogP contribution in [0.3, 0.4) is 0 Å². The van der Waals surface area contributed by atoms with Crippen LogP contribution >= 0.6 is 0 Å². The van der Waals surface area contributed by atoms with E-state index in [2.05, 4.69) is 5.32 Å². The molecular formula is C12H16F2N2O. The highest BCUT2D eigenvalue weighted by molar-refractivity contribution is 5.79. The van der Waals surface area contributed by atoms with Gasteiger partial charge in [-0.05, 0) is 32.0 Å². The molecule has 94 valence electrons. The molecule has 0 aromatic heterocycles. The molecule has 0 atom stereocenters. The fraction of sp³-hybridized carbons (Fsp3) is 0.417. The van der Waals surface area contributed by atoms with Gasteiger partial charge in [0.1, 0.15) is 11.6 Å². The summed E-state index contributed by atoms with van der Waals surface area (Å²) in [7, 11) is 0. The fourth-order valence-electron chi connectivity index (χ4n) is 1.32. The predicted molar refractivity (Wildman–Crippen MR) is 61.3 cm³/mol. The Kier molecular flexibility index (Phi) is 4.17. The lowest BCUT2D eigenvalue weighted by atomic mass is 10.0. The smallest absolute Gasteiger partial charge is 0.224 e. The Morgan fingerprint density at radius 1 is 1.41 bits per heavy atom. The maximum Gasteiger partial charge on any atom is 0.224 e. The largest absolute Gasteiger partial charge is 0.350 e. The zero-order valence-corrected chi connectivity index (χ0v) is 9.89. The number of hydrogen-bond acceptors (Lipinski definition) is 2. The highest BCUT2D eigenvalue weighted by Gasteiger charge is 2.19. The first kappa shape index (κ1) is 13.6. The third-order valence-electron chi connectivity index (χ3n) is 2.35. The lowest BCUT2D eigenvalue weighted by molar-refractivity contribution is -0.121. The first-order valence-electron chi connectivity index (χ1n) is 5.29. The molecule has 0 fully saturated rings. The van der Waals surface area contributed by atoms with E-state index in [1.54, 1.807) is 13.8 Å². The minimum absolute atomic E-state index is 0.0373. The van der Waals surface area contributed by atoms with E-state index in [0.29, 0.717) is 0 Å². The van der Waals surface area contributed by atoms with Crippen LogP contribution in [0.15, 0.2) is 18.2 Å². The van der Waals surface area contributed by atoms with Crippen molar-refractivity contribution in [2.75, 3.05) is 6.54 Å². The molecule has 3 N–H and O–H groups in total. The Morgan fingerprint density at radius 3 is 2.65 bits per heavy atom. The van der Waals surface area contributed by atoms with Crippen molar-refractivity contribution in [2.45, 2.75) is 25.8 Å². The van der Waals surface area contributed by atoms with Crippen molar-refractivity contribution in [2.24, 2.45) is 5.73 Å². The number of benzene rings is 1. The first-order chi connectivity index (χ1) is 7.84. The van der Waals surface area contributed by atoms with Crippen LogP contribution in [0.2, 0.25) is 0 Å². The second kappa shape index (κ2) is 5.23. The highest BCUT2D eigenvalue weighted by Crippen LogP contribution is 2.11. The topological polar surface area (TPSA) is 55.1 Å². The minimum Gasteiger partial charge on any atom is -0.350 e. The maximum absolute atomic E-state index is 13.3. The second-order valence-corrected chi connectivity index (χ2v) is 4.55. The minimum atomic E-state index is -0.591. The van der Waals surface area contributed by atoms with E-state index in [9.17, 15) is 13.6 Å². The van der Waals surface area contributed by atoms with Crippen LogP contribution in [0, 0.1) is 11.6 Å². The molecule has 0 unspecified atom stereocenters. The Balaban J connectivity index is 2.71. The summed E-state index contributed by atoms with van der Waals surface area (Å²) in [6.07, 6.45) is -0.201. The number of hydrogen-bond donors (Lipinski definition) is 2. The van der Waals surface area contributed by atoms with Crippen LogP contribution in [0.4, 0.5) is 8.78 Å². The number of nitrogens with two attached hydrogens (primary N) is 1. The lowest BCUT2D eigenvalue weighted by Gasteiger charge is -2.24. The van der Waals surface area contributed by atoms with Gasteiger partial charge >= 0.3 is 0 Å². The molecule has 1 aromatic carbocycles. The molecular weight excluding hydrogens is 226 g/mol. The van der Waals surface area contributed by atoms with Gasteiger partial charge in [-0.2, -0.15) is 0 Å². The Morgan fingerprint density at radius 2 is 2.06 bits per heavy atom. The summed E-state index contributed by atoms with van der Waals surface area (Å²) in [5.41, 5.74) is 4.94. The third kappa shape index (κ3) is 4.11. The van der Waals surface area contributed by atoms with Gasteiger partial charge in [0.2, 0.25) is 5.91 Å². The van der Waals surface area contributed by atoms with Crippen molar-refractivity contribution in [3.8, 4) is 0 Å². The van der Waals surface area contributed by atoms with Crippen LogP contribution in [0.25, 0.3) is 0 Å². The van der Waals surface area contributed by atoms with Crippen molar-refractivity contribution in [1.82, 2.24) is 5.32 Å². The Hall–Kier alpha value is -1.49. The summed E-state index contributed by atoms with van der Waals surface area (Å²) in [4.78, 5) is 11.6. The number of rotatable bonds is 4. The fourth-order valence-corrected chi connectivity index (χ4v) is 1.32. The first-order valence-corrected chi connectivity index (χ1v) is 5.29. The Labute approximate surface area is 99.0 Å². The quantitative estimate of drug-likeness (QED) is 0.837. The molecule has 1 rings (SSSR count). The summed E-state index contributed by atoms with van der Waals surface area (Å²) >= 11 is 0. The highest BCUT2D eigenvalue weighted by atomic mass is 19.1. The van der Waals surface area contributed by atoms with Gasteiger partial charge in [0.15, 0.2) is 0 Å². The number of halogens is 2. The number of carbonyl (C=O) groups excluding carboxylic acids is 1. The molecule has 0 aliphatic rings. The van der Waals surface area contributed by atoms with Crippen LogP contribution in [0.1, 0.15) is 19.4 Å². The van der Waals surface area contributed by atoms with Gasteiger partial charge in [0.05, 0.1) is 6.42 Å². The van der Waals surface area contributed by atoms with Crippen molar-refractivity contribution >= 4 is 5.91 Å². The monoisotopic (exact) mass is 242 g/mol. The average Bonchev–Trinajstić information content (AvgIpc) is 2.23. The van der Waals surface area contributed by atoms with Gasteiger partial charge in [-0.3, -0.25) is 4.79 Å². The van der Waals surface area contributed by atoms with E-state index >= 15 is 0 Å². The summed E-state index contributed by atoms with van der Waals surface area (Å²) in [6, 6.07) is 3.04. The molecule has 0 aliphatic heterocycles. The standard InChI is InChI=1S/C12H16F2N2O/c1-12(2,7-15)16-11(17)6-8-5-9(13)3-4-10(8)14/h3-5H,6-7,15H2,1-2H3,(H,16,17). The number of nitrogens with one attached hydrogen (secondary N) is 1. The normalized spacial score (nSPS) is 11.4. The van der Waals surface area contributed by atoms with E-state index in [0.717, 1.165) is 18.2 Å². The molecule has 0 heterocycles. The second-order valence-electron chi connectivity index (χ2n) is 4.55.